The maximum Gasteiger partial charge on any atom is 0.332 e. The highest BCUT2D eigenvalue weighted by atomic mass is 16.5. The Balaban J connectivity index is 1.99. The van der Waals surface area contributed by atoms with Crippen LogP contribution in [0.25, 0.3) is 0 Å². The molecular weight excluding hydrogens is 222 g/mol. The number of nitrogens with one attached hydrogen (secondary N) is 1. The summed E-state index contributed by atoms with van der Waals surface area (Å²) in [4.78, 5) is 10.7. The SMILES string of the molecule is CC(CO)CCCNCC1CCC(C(=O)O)O1. The van der Waals surface area contributed by atoms with Gasteiger partial charge in [0.2, 0.25) is 0 Å². The number of aliphatic hydroxyl groups is 1. The zero-order valence-corrected chi connectivity index (χ0v) is 10.4. The average Bonchev–Trinajstić information content (AvgIpc) is 2.77. The van der Waals surface area contributed by atoms with Gasteiger partial charge in [-0.3, -0.25) is 0 Å². The second-order valence-electron chi connectivity index (χ2n) is 4.80. The van der Waals surface area contributed by atoms with Crippen LogP contribution in [0.2, 0.25) is 0 Å². The number of carboxylic acids is 1. The van der Waals surface area contributed by atoms with Crippen molar-refractivity contribution in [1.82, 2.24) is 5.32 Å². The summed E-state index contributed by atoms with van der Waals surface area (Å²) in [7, 11) is 0. The van der Waals surface area contributed by atoms with Gasteiger partial charge in [-0.1, -0.05) is 6.92 Å². The van der Waals surface area contributed by atoms with Gasteiger partial charge in [0.15, 0.2) is 6.10 Å². The summed E-state index contributed by atoms with van der Waals surface area (Å²) in [6.45, 7) is 3.88. The van der Waals surface area contributed by atoms with Crippen molar-refractivity contribution in [2.75, 3.05) is 19.7 Å². The van der Waals surface area contributed by atoms with E-state index in [-0.39, 0.29) is 12.7 Å². The third-order valence-corrected chi connectivity index (χ3v) is 3.12. The van der Waals surface area contributed by atoms with Crippen molar-refractivity contribution < 1.29 is 19.7 Å². The van der Waals surface area contributed by atoms with E-state index in [1.807, 2.05) is 6.92 Å². The molecule has 3 atom stereocenters. The van der Waals surface area contributed by atoms with E-state index in [1.165, 1.54) is 0 Å². The Morgan fingerprint density at radius 1 is 1.53 bits per heavy atom. The standard InChI is InChI=1S/C12H23NO4/c1-9(8-14)3-2-6-13-7-10-4-5-11(17-10)12(15)16/h9-11,13-14H,2-8H2,1H3,(H,15,16). The molecule has 1 fully saturated rings. The summed E-state index contributed by atoms with van der Waals surface area (Å²) in [5, 5.41) is 20.9. The summed E-state index contributed by atoms with van der Waals surface area (Å²) >= 11 is 0. The Morgan fingerprint density at radius 2 is 2.29 bits per heavy atom. The maximum atomic E-state index is 10.7. The lowest BCUT2D eigenvalue weighted by molar-refractivity contribution is -0.149. The minimum Gasteiger partial charge on any atom is -0.479 e. The molecule has 3 N–H and O–H groups in total. The largest absolute Gasteiger partial charge is 0.479 e. The van der Waals surface area contributed by atoms with Crippen LogP contribution in [0.4, 0.5) is 0 Å². The zero-order valence-electron chi connectivity index (χ0n) is 10.4. The lowest BCUT2D eigenvalue weighted by Gasteiger charge is -2.13. The van der Waals surface area contributed by atoms with Gasteiger partial charge in [0.25, 0.3) is 0 Å². The summed E-state index contributed by atoms with van der Waals surface area (Å²) < 4.78 is 5.37. The van der Waals surface area contributed by atoms with Crippen molar-refractivity contribution in [1.29, 1.82) is 0 Å². The number of carbonyl (C=O) groups is 1. The Bertz CT molecular complexity index is 235. The number of hydrogen-bond donors (Lipinski definition) is 3. The number of rotatable bonds is 8. The predicted molar refractivity (Wildman–Crippen MR) is 63.9 cm³/mol. The van der Waals surface area contributed by atoms with E-state index < -0.39 is 12.1 Å². The van der Waals surface area contributed by atoms with Crippen LogP contribution in [0.5, 0.6) is 0 Å². The van der Waals surface area contributed by atoms with Crippen LogP contribution >= 0.6 is 0 Å². The van der Waals surface area contributed by atoms with Gasteiger partial charge in [-0.15, -0.1) is 0 Å². The lowest BCUT2D eigenvalue weighted by atomic mass is 10.1. The topological polar surface area (TPSA) is 78.8 Å². The van der Waals surface area contributed by atoms with Crippen LogP contribution in [0.3, 0.4) is 0 Å². The molecule has 1 rings (SSSR count). The number of aliphatic carboxylic acids is 1. The highest BCUT2D eigenvalue weighted by molar-refractivity contribution is 5.72. The first-order valence-electron chi connectivity index (χ1n) is 6.33. The molecule has 0 radical (unpaired) electrons. The van der Waals surface area contributed by atoms with Gasteiger partial charge in [0.05, 0.1) is 6.10 Å². The van der Waals surface area contributed by atoms with E-state index in [9.17, 15) is 4.79 Å². The molecule has 3 unspecified atom stereocenters. The van der Waals surface area contributed by atoms with E-state index in [0.29, 0.717) is 12.3 Å². The monoisotopic (exact) mass is 245 g/mol. The normalized spacial score (nSPS) is 26.0. The van der Waals surface area contributed by atoms with Crippen molar-refractivity contribution in [2.24, 2.45) is 5.92 Å². The number of ether oxygens (including phenoxy) is 1. The van der Waals surface area contributed by atoms with Crippen LogP contribution in [0.1, 0.15) is 32.6 Å². The second kappa shape index (κ2) is 7.63. The summed E-state index contributed by atoms with van der Waals surface area (Å²) in [6.07, 6.45) is 2.88. The highest BCUT2D eigenvalue weighted by Gasteiger charge is 2.29. The van der Waals surface area contributed by atoms with Crippen LogP contribution < -0.4 is 5.32 Å². The Labute approximate surface area is 102 Å². The van der Waals surface area contributed by atoms with Crippen LogP contribution in [-0.4, -0.2) is 48.1 Å². The van der Waals surface area contributed by atoms with Gasteiger partial charge in [0.1, 0.15) is 0 Å². The quantitative estimate of drug-likeness (QED) is 0.546. The predicted octanol–water partition coefficient (Wildman–Crippen LogP) is 0.617. The molecule has 0 saturated carbocycles. The Kier molecular flexibility index (Phi) is 6.47. The Hall–Kier alpha value is -0.650. The van der Waals surface area contributed by atoms with E-state index in [0.717, 1.165) is 32.4 Å². The Morgan fingerprint density at radius 3 is 2.88 bits per heavy atom. The van der Waals surface area contributed by atoms with Crippen molar-refractivity contribution in [2.45, 2.75) is 44.8 Å². The lowest BCUT2D eigenvalue weighted by Crippen LogP contribution is -2.29. The minimum absolute atomic E-state index is 0.0337. The van der Waals surface area contributed by atoms with Gasteiger partial charge < -0.3 is 20.3 Å². The van der Waals surface area contributed by atoms with Gasteiger partial charge in [0, 0.05) is 13.2 Å². The molecule has 100 valence electrons. The average molecular weight is 245 g/mol. The maximum absolute atomic E-state index is 10.7. The first-order chi connectivity index (χ1) is 8.13. The third kappa shape index (κ3) is 5.48. The molecule has 0 aromatic carbocycles. The summed E-state index contributed by atoms with van der Waals surface area (Å²) in [5.41, 5.74) is 0. The van der Waals surface area contributed by atoms with Gasteiger partial charge in [-0.05, 0) is 38.1 Å². The molecule has 1 heterocycles. The molecule has 0 aromatic heterocycles. The molecule has 1 saturated heterocycles. The van der Waals surface area contributed by atoms with Crippen molar-refractivity contribution in [3.63, 3.8) is 0 Å². The summed E-state index contributed by atoms with van der Waals surface area (Å²) in [6, 6.07) is 0. The first-order valence-corrected chi connectivity index (χ1v) is 6.33. The van der Waals surface area contributed by atoms with Crippen LogP contribution in [0, 0.1) is 5.92 Å². The van der Waals surface area contributed by atoms with Gasteiger partial charge in [-0.2, -0.15) is 0 Å². The second-order valence-corrected chi connectivity index (χ2v) is 4.80. The minimum atomic E-state index is -0.857. The molecule has 5 heteroatoms. The zero-order chi connectivity index (χ0) is 12.7. The fourth-order valence-corrected chi connectivity index (χ4v) is 1.97. The molecular formula is C12H23NO4. The fourth-order valence-electron chi connectivity index (χ4n) is 1.97. The van der Waals surface area contributed by atoms with Crippen LogP contribution in [-0.2, 0) is 9.53 Å². The smallest absolute Gasteiger partial charge is 0.332 e. The highest BCUT2D eigenvalue weighted by Crippen LogP contribution is 2.19. The number of aliphatic hydroxyl groups excluding tert-OH is 1. The molecule has 5 nitrogen and oxygen atoms in total. The molecule has 0 bridgehead atoms. The number of hydrogen-bond acceptors (Lipinski definition) is 4. The van der Waals surface area contributed by atoms with E-state index in [2.05, 4.69) is 5.32 Å². The van der Waals surface area contributed by atoms with Gasteiger partial charge >= 0.3 is 5.97 Å². The molecule has 17 heavy (non-hydrogen) atoms. The number of carboxylic acid groups (broad SMARTS) is 1. The van der Waals surface area contributed by atoms with Crippen LogP contribution in [0.15, 0.2) is 0 Å². The van der Waals surface area contributed by atoms with E-state index in [1.54, 1.807) is 0 Å². The third-order valence-electron chi connectivity index (χ3n) is 3.12. The molecule has 0 amide bonds. The molecule has 0 spiro atoms. The fraction of sp³-hybridized carbons (Fsp3) is 0.917. The van der Waals surface area contributed by atoms with E-state index >= 15 is 0 Å². The molecule has 0 aliphatic carbocycles. The van der Waals surface area contributed by atoms with Crippen molar-refractivity contribution >= 4 is 5.97 Å². The molecule has 1 aliphatic rings. The van der Waals surface area contributed by atoms with E-state index in [4.69, 9.17) is 14.9 Å². The summed E-state index contributed by atoms with van der Waals surface area (Å²) in [5.74, 6) is -0.500. The molecule has 1 aliphatic heterocycles. The van der Waals surface area contributed by atoms with Crippen molar-refractivity contribution in [3.8, 4) is 0 Å². The van der Waals surface area contributed by atoms with Crippen molar-refractivity contribution in [3.05, 3.63) is 0 Å². The first kappa shape index (κ1) is 14.4. The van der Waals surface area contributed by atoms with Gasteiger partial charge in [-0.25, -0.2) is 4.79 Å². The molecule has 0 aromatic rings.